The number of benzene rings is 1. The highest BCUT2D eigenvalue weighted by molar-refractivity contribution is 6.08. The number of imide groups is 1. The van der Waals surface area contributed by atoms with E-state index < -0.39 is 41.7 Å². The van der Waals surface area contributed by atoms with Crippen LogP contribution in [0.15, 0.2) is 24.3 Å². The first kappa shape index (κ1) is 19.9. The molecule has 4 rings (SSSR count). The Morgan fingerprint density at radius 1 is 1.17 bits per heavy atom. The van der Waals surface area contributed by atoms with Crippen molar-refractivity contribution in [1.82, 2.24) is 25.3 Å². The smallest absolute Gasteiger partial charge is 0.354 e. The summed E-state index contributed by atoms with van der Waals surface area (Å²) in [5.41, 5.74) is 0.564. The number of hydrogen-bond acceptors (Lipinski definition) is 4. The molecular weight excluding hydrogens is 403 g/mol. The number of carbonyl (C=O) groups is 3. The Balaban J connectivity index is 1.71. The number of hydrogen-bond donors (Lipinski definition) is 2. The zero-order valence-corrected chi connectivity index (χ0v) is 16.1. The summed E-state index contributed by atoms with van der Waals surface area (Å²) in [6.45, 7) is 3.59. The Bertz CT molecular complexity index is 1060. The van der Waals surface area contributed by atoms with Crippen LogP contribution in [0.1, 0.15) is 35.0 Å². The number of rotatable bonds is 3. The number of carbonyl (C=O) groups excluding carboxylic acids is 3. The Morgan fingerprint density at radius 2 is 1.90 bits per heavy atom. The normalized spacial score (nSPS) is 21.9. The van der Waals surface area contributed by atoms with E-state index in [1.807, 2.05) is 0 Å². The van der Waals surface area contributed by atoms with Gasteiger partial charge in [-0.2, -0.15) is 18.3 Å². The van der Waals surface area contributed by atoms with Crippen LogP contribution in [0.2, 0.25) is 0 Å². The Labute approximate surface area is 169 Å². The molecule has 2 aliphatic rings. The standard InChI is InChI=1S/C19H18F3N5O3/c1-9-14(15-17(29)26(18(30)24-15)13-6-7-23-16(13)28)10(2)27(25-9)12-5-3-4-11(8-12)19(20,21)22/h3-5,8,13,15H,6-7H2,1-2H3,(H,23,28)(H,24,30). The van der Waals surface area contributed by atoms with E-state index in [4.69, 9.17) is 0 Å². The molecule has 11 heteroatoms. The summed E-state index contributed by atoms with van der Waals surface area (Å²) in [5, 5.41) is 9.45. The Kier molecular flexibility index (Phi) is 4.55. The van der Waals surface area contributed by atoms with Gasteiger partial charge in [0.05, 0.1) is 16.9 Å². The number of aromatic nitrogens is 2. The molecule has 1 aromatic heterocycles. The van der Waals surface area contributed by atoms with Crippen LogP contribution in [0.4, 0.5) is 18.0 Å². The molecule has 3 heterocycles. The third-order valence-electron chi connectivity index (χ3n) is 5.36. The van der Waals surface area contributed by atoms with Gasteiger partial charge in [0.2, 0.25) is 5.91 Å². The minimum atomic E-state index is -4.51. The monoisotopic (exact) mass is 421 g/mol. The van der Waals surface area contributed by atoms with Crippen LogP contribution in [-0.4, -0.2) is 45.1 Å². The van der Waals surface area contributed by atoms with Gasteiger partial charge < -0.3 is 10.6 Å². The predicted molar refractivity (Wildman–Crippen MR) is 97.6 cm³/mol. The van der Waals surface area contributed by atoms with Gasteiger partial charge in [-0.15, -0.1) is 0 Å². The third-order valence-corrected chi connectivity index (χ3v) is 5.36. The van der Waals surface area contributed by atoms with Crippen molar-refractivity contribution in [3.05, 3.63) is 46.8 Å². The van der Waals surface area contributed by atoms with E-state index in [-0.39, 0.29) is 5.69 Å². The van der Waals surface area contributed by atoms with Crippen LogP contribution in [0.3, 0.4) is 0 Å². The Morgan fingerprint density at radius 3 is 2.53 bits per heavy atom. The highest BCUT2D eigenvalue weighted by Gasteiger charge is 2.48. The van der Waals surface area contributed by atoms with Gasteiger partial charge in [-0.3, -0.25) is 9.59 Å². The highest BCUT2D eigenvalue weighted by Crippen LogP contribution is 2.33. The average Bonchev–Trinajstić information content (AvgIpc) is 3.30. The number of aryl methyl sites for hydroxylation is 1. The number of halogens is 3. The van der Waals surface area contributed by atoms with Gasteiger partial charge >= 0.3 is 12.2 Å². The maximum atomic E-state index is 13.1. The van der Waals surface area contributed by atoms with Gasteiger partial charge in [0.15, 0.2) is 0 Å². The fraction of sp³-hybridized carbons (Fsp3) is 0.368. The highest BCUT2D eigenvalue weighted by atomic mass is 19.4. The summed E-state index contributed by atoms with van der Waals surface area (Å²) < 4.78 is 40.5. The van der Waals surface area contributed by atoms with Crippen LogP contribution < -0.4 is 10.6 Å². The minimum Gasteiger partial charge on any atom is -0.354 e. The molecule has 0 spiro atoms. The fourth-order valence-corrected chi connectivity index (χ4v) is 3.95. The first-order valence-electron chi connectivity index (χ1n) is 9.24. The van der Waals surface area contributed by atoms with Gasteiger partial charge in [-0.25, -0.2) is 14.4 Å². The van der Waals surface area contributed by atoms with E-state index in [0.717, 1.165) is 17.0 Å². The molecule has 0 aliphatic carbocycles. The van der Waals surface area contributed by atoms with Crippen molar-refractivity contribution in [2.75, 3.05) is 6.54 Å². The van der Waals surface area contributed by atoms with Gasteiger partial charge in [-0.05, 0) is 38.5 Å². The lowest BCUT2D eigenvalue weighted by atomic mass is 10.0. The zero-order valence-electron chi connectivity index (χ0n) is 16.1. The van der Waals surface area contributed by atoms with Crippen molar-refractivity contribution in [3.8, 4) is 5.69 Å². The maximum absolute atomic E-state index is 13.1. The van der Waals surface area contributed by atoms with E-state index in [2.05, 4.69) is 15.7 Å². The molecule has 0 bridgehead atoms. The summed E-state index contributed by atoms with van der Waals surface area (Å²) in [5.74, 6) is -0.982. The topological polar surface area (TPSA) is 96.3 Å². The van der Waals surface area contributed by atoms with E-state index in [1.54, 1.807) is 13.8 Å². The largest absolute Gasteiger partial charge is 0.416 e. The SMILES string of the molecule is Cc1nn(-c2cccc(C(F)(F)F)c2)c(C)c1C1NC(=O)N(C2CCNC2=O)C1=O. The molecule has 0 saturated carbocycles. The van der Waals surface area contributed by atoms with Crippen LogP contribution in [0.5, 0.6) is 0 Å². The molecule has 158 valence electrons. The first-order chi connectivity index (χ1) is 14.1. The summed E-state index contributed by atoms with van der Waals surface area (Å²) >= 11 is 0. The minimum absolute atomic E-state index is 0.181. The zero-order chi connectivity index (χ0) is 21.8. The van der Waals surface area contributed by atoms with Crippen molar-refractivity contribution in [1.29, 1.82) is 0 Å². The predicted octanol–water partition coefficient (Wildman–Crippen LogP) is 1.99. The lowest BCUT2D eigenvalue weighted by Crippen LogP contribution is -2.44. The number of nitrogens with one attached hydrogen (secondary N) is 2. The third kappa shape index (κ3) is 3.10. The fourth-order valence-electron chi connectivity index (χ4n) is 3.95. The quantitative estimate of drug-likeness (QED) is 0.741. The van der Waals surface area contributed by atoms with Crippen molar-refractivity contribution < 1.29 is 27.6 Å². The average molecular weight is 421 g/mol. The Hall–Kier alpha value is -3.37. The van der Waals surface area contributed by atoms with Crippen molar-refractivity contribution in [2.45, 2.75) is 38.5 Å². The molecule has 2 unspecified atom stereocenters. The number of alkyl halides is 3. The molecular formula is C19H18F3N5O3. The number of urea groups is 1. The lowest BCUT2D eigenvalue weighted by Gasteiger charge is -2.18. The second-order valence-corrected chi connectivity index (χ2v) is 7.23. The first-order valence-corrected chi connectivity index (χ1v) is 9.24. The second kappa shape index (κ2) is 6.85. The molecule has 2 N–H and O–H groups in total. The van der Waals surface area contributed by atoms with E-state index in [1.165, 1.54) is 16.8 Å². The van der Waals surface area contributed by atoms with Crippen molar-refractivity contribution in [3.63, 3.8) is 0 Å². The summed E-state index contributed by atoms with van der Waals surface area (Å²) in [6.07, 6.45) is -4.18. The van der Waals surface area contributed by atoms with Gasteiger partial charge in [-0.1, -0.05) is 6.07 Å². The second-order valence-electron chi connectivity index (χ2n) is 7.23. The van der Waals surface area contributed by atoms with Gasteiger partial charge in [0.1, 0.15) is 12.1 Å². The number of nitrogens with zero attached hydrogens (tertiary/aromatic N) is 3. The van der Waals surface area contributed by atoms with E-state index in [0.29, 0.717) is 29.9 Å². The molecule has 0 radical (unpaired) electrons. The molecule has 1 aromatic carbocycles. The molecule has 2 atom stereocenters. The lowest BCUT2D eigenvalue weighted by molar-refractivity contribution is -0.137. The summed E-state index contributed by atoms with van der Waals surface area (Å²) in [7, 11) is 0. The van der Waals surface area contributed by atoms with E-state index >= 15 is 0 Å². The maximum Gasteiger partial charge on any atom is 0.416 e. The summed E-state index contributed by atoms with van der Waals surface area (Å²) in [6, 6.07) is 2.05. The molecule has 2 saturated heterocycles. The molecule has 30 heavy (non-hydrogen) atoms. The van der Waals surface area contributed by atoms with Gasteiger partial charge in [0.25, 0.3) is 5.91 Å². The molecule has 2 aromatic rings. The van der Waals surface area contributed by atoms with Crippen LogP contribution in [-0.2, 0) is 15.8 Å². The van der Waals surface area contributed by atoms with Gasteiger partial charge in [0, 0.05) is 17.8 Å². The van der Waals surface area contributed by atoms with Crippen molar-refractivity contribution in [2.24, 2.45) is 0 Å². The molecule has 8 nitrogen and oxygen atoms in total. The number of amides is 4. The van der Waals surface area contributed by atoms with Crippen LogP contribution in [0.25, 0.3) is 5.69 Å². The molecule has 2 aliphatic heterocycles. The molecule has 4 amide bonds. The molecule has 2 fully saturated rings. The van der Waals surface area contributed by atoms with Crippen LogP contribution in [0, 0.1) is 13.8 Å². The van der Waals surface area contributed by atoms with Crippen LogP contribution >= 0.6 is 0 Å². The summed E-state index contributed by atoms with van der Waals surface area (Å²) in [4.78, 5) is 38.2. The van der Waals surface area contributed by atoms with Crippen molar-refractivity contribution >= 4 is 17.8 Å². The van der Waals surface area contributed by atoms with E-state index in [9.17, 15) is 27.6 Å².